The fraction of sp³-hybridized carbons (Fsp3) is 0.545. The molecule has 0 atom stereocenters. The van der Waals surface area contributed by atoms with Crippen molar-refractivity contribution in [2.75, 3.05) is 26.2 Å². The second-order valence-corrected chi connectivity index (χ2v) is 12.7. The summed E-state index contributed by atoms with van der Waals surface area (Å²) in [5.74, 6) is 1.93. The molecule has 2 aromatic carbocycles. The van der Waals surface area contributed by atoms with Gasteiger partial charge in [-0.25, -0.2) is 0 Å². The summed E-state index contributed by atoms with van der Waals surface area (Å²) in [4.78, 5) is 18.1. The van der Waals surface area contributed by atoms with Gasteiger partial charge in [0.05, 0.1) is 11.1 Å². The first-order valence-corrected chi connectivity index (χ1v) is 14.4. The fourth-order valence-corrected chi connectivity index (χ4v) is 5.44. The Kier molecular flexibility index (Phi) is 10.6. The van der Waals surface area contributed by atoms with Crippen LogP contribution in [0.5, 0.6) is 11.5 Å². The molecule has 214 valence electrons. The third-order valence-corrected chi connectivity index (χ3v) is 6.63. The molecule has 0 aliphatic carbocycles. The fourth-order valence-electron chi connectivity index (χ4n) is 5.44. The number of phenols is 2. The molecule has 39 heavy (non-hydrogen) atoms. The third kappa shape index (κ3) is 8.09. The minimum atomic E-state index is -0.311. The minimum absolute atomic E-state index is 0.0170. The highest BCUT2D eigenvalue weighted by Gasteiger charge is 2.27. The van der Waals surface area contributed by atoms with Crippen molar-refractivity contribution in [1.82, 2.24) is 9.80 Å². The van der Waals surface area contributed by atoms with E-state index >= 15 is 0 Å². The van der Waals surface area contributed by atoms with Crippen molar-refractivity contribution in [3.8, 4) is 22.8 Å². The third-order valence-electron chi connectivity index (χ3n) is 6.63. The maximum Gasteiger partial charge on any atom is 0.197 e. The molecule has 0 fully saturated rings. The number of fused-ring (bicyclic) bond motifs is 1. The van der Waals surface area contributed by atoms with Gasteiger partial charge in [0.1, 0.15) is 22.6 Å². The lowest BCUT2D eigenvalue weighted by molar-refractivity contribution is 0.202. The average molecular weight is 537 g/mol. The minimum Gasteiger partial charge on any atom is -0.507 e. The molecule has 0 unspecified atom stereocenters. The molecule has 0 bridgehead atoms. The standard InChI is InChI=1S/C33H48N2O4/c1-21(2)15-34(16-22(3)4)19-26-31(37)27(20-35(17-23(5)6)18-24(7)8)33-30(32(26)38)28(36)14-29(39-33)25-12-10-9-11-13-25/h9-14,21-24,37-38H,15-20H2,1-8H3. The Bertz CT molecular complexity index is 1260. The summed E-state index contributed by atoms with van der Waals surface area (Å²) in [5.41, 5.74) is 1.67. The highest BCUT2D eigenvalue weighted by molar-refractivity contribution is 5.91. The molecule has 0 aliphatic heterocycles. The smallest absolute Gasteiger partial charge is 0.197 e. The Morgan fingerprint density at radius 2 is 1.15 bits per heavy atom. The summed E-state index contributed by atoms with van der Waals surface area (Å²) in [7, 11) is 0. The molecule has 6 nitrogen and oxygen atoms in total. The first kappa shape index (κ1) is 30.7. The largest absolute Gasteiger partial charge is 0.507 e. The predicted octanol–water partition coefficient (Wildman–Crippen LogP) is 7.10. The molecule has 0 radical (unpaired) electrons. The van der Waals surface area contributed by atoms with E-state index in [2.05, 4.69) is 65.2 Å². The molecule has 1 heterocycles. The van der Waals surface area contributed by atoms with E-state index in [1.54, 1.807) is 0 Å². The van der Waals surface area contributed by atoms with Crippen molar-refractivity contribution in [3.63, 3.8) is 0 Å². The van der Waals surface area contributed by atoms with Crippen LogP contribution in [0.3, 0.4) is 0 Å². The second-order valence-electron chi connectivity index (χ2n) is 12.7. The van der Waals surface area contributed by atoms with Gasteiger partial charge in [0.25, 0.3) is 0 Å². The molecule has 0 amide bonds. The highest BCUT2D eigenvalue weighted by Crippen LogP contribution is 2.41. The van der Waals surface area contributed by atoms with Gasteiger partial charge in [-0.1, -0.05) is 85.7 Å². The molecule has 0 spiro atoms. The summed E-state index contributed by atoms with van der Waals surface area (Å²) < 4.78 is 6.36. The molecule has 0 saturated carbocycles. The lowest BCUT2D eigenvalue weighted by atomic mass is 9.99. The first-order valence-electron chi connectivity index (χ1n) is 14.4. The van der Waals surface area contributed by atoms with E-state index in [-0.39, 0.29) is 27.9 Å². The van der Waals surface area contributed by atoms with Crippen molar-refractivity contribution in [1.29, 1.82) is 0 Å². The van der Waals surface area contributed by atoms with Crippen molar-refractivity contribution < 1.29 is 14.6 Å². The molecule has 0 saturated heterocycles. The summed E-state index contributed by atoms with van der Waals surface area (Å²) in [6.45, 7) is 21.4. The van der Waals surface area contributed by atoms with Crippen LogP contribution in [0, 0.1) is 23.7 Å². The number of phenolic OH excluding ortho intramolecular Hbond substituents is 2. The van der Waals surface area contributed by atoms with Gasteiger partial charge in [0.15, 0.2) is 11.0 Å². The molecular formula is C33H48N2O4. The van der Waals surface area contributed by atoms with Crippen LogP contribution in [0.1, 0.15) is 66.5 Å². The monoisotopic (exact) mass is 536 g/mol. The molecule has 3 rings (SSSR count). The zero-order chi connectivity index (χ0) is 28.9. The number of hydrogen-bond donors (Lipinski definition) is 2. The van der Waals surface area contributed by atoms with Crippen LogP contribution in [-0.4, -0.2) is 46.2 Å². The van der Waals surface area contributed by atoms with E-state index in [1.165, 1.54) is 6.07 Å². The van der Waals surface area contributed by atoms with Gasteiger partial charge in [-0.05, 0) is 23.7 Å². The maximum atomic E-state index is 13.6. The van der Waals surface area contributed by atoms with E-state index < -0.39 is 0 Å². The van der Waals surface area contributed by atoms with Crippen LogP contribution < -0.4 is 5.43 Å². The number of rotatable bonds is 13. The topological polar surface area (TPSA) is 77.2 Å². The zero-order valence-electron chi connectivity index (χ0n) is 25.1. The van der Waals surface area contributed by atoms with Crippen LogP contribution in [0.4, 0.5) is 0 Å². The van der Waals surface area contributed by atoms with Crippen LogP contribution >= 0.6 is 0 Å². The Morgan fingerprint density at radius 1 is 0.692 bits per heavy atom. The van der Waals surface area contributed by atoms with Crippen LogP contribution in [0.25, 0.3) is 22.3 Å². The summed E-state index contributed by atoms with van der Waals surface area (Å²) in [6.07, 6.45) is 0. The SMILES string of the molecule is CC(C)CN(Cc1c(O)c(CN(CC(C)C)CC(C)C)c2oc(-c3ccccc3)cc(=O)c2c1O)CC(C)C. The van der Waals surface area contributed by atoms with Crippen molar-refractivity contribution in [2.24, 2.45) is 23.7 Å². The van der Waals surface area contributed by atoms with Crippen molar-refractivity contribution in [3.05, 3.63) is 57.7 Å². The summed E-state index contributed by atoms with van der Waals surface area (Å²) in [5, 5.41) is 23.4. The molecule has 0 aliphatic rings. The van der Waals surface area contributed by atoms with Gasteiger partial charge < -0.3 is 14.6 Å². The molecule has 1 aromatic heterocycles. The quantitative estimate of drug-likeness (QED) is 0.243. The van der Waals surface area contributed by atoms with Gasteiger partial charge >= 0.3 is 0 Å². The first-order chi connectivity index (χ1) is 18.4. The lowest BCUT2D eigenvalue weighted by Gasteiger charge is -2.29. The average Bonchev–Trinajstić information content (AvgIpc) is 2.82. The number of aromatic hydroxyl groups is 2. The lowest BCUT2D eigenvalue weighted by Crippen LogP contribution is -2.32. The molecule has 3 aromatic rings. The summed E-state index contributed by atoms with van der Waals surface area (Å²) >= 11 is 0. The number of benzene rings is 2. The molecular weight excluding hydrogens is 488 g/mol. The Morgan fingerprint density at radius 3 is 1.62 bits per heavy atom. The Hall–Kier alpha value is -2.83. The van der Waals surface area contributed by atoms with E-state index in [0.717, 1.165) is 31.7 Å². The van der Waals surface area contributed by atoms with Crippen molar-refractivity contribution in [2.45, 2.75) is 68.5 Å². The van der Waals surface area contributed by atoms with Crippen molar-refractivity contribution >= 4 is 11.0 Å². The Balaban J connectivity index is 2.27. The predicted molar refractivity (Wildman–Crippen MR) is 161 cm³/mol. The van der Waals surface area contributed by atoms with Crippen LogP contribution in [0.2, 0.25) is 0 Å². The number of nitrogens with zero attached hydrogens (tertiary/aromatic N) is 2. The van der Waals surface area contributed by atoms with E-state index in [4.69, 9.17) is 4.42 Å². The molecule has 2 N–H and O–H groups in total. The van der Waals surface area contributed by atoms with E-state index in [9.17, 15) is 15.0 Å². The van der Waals surface area contributed by atoms with E-state index in [1.807, 2.05) is 30.3 Å². The van der Waals surface area contributed by atoms with Gasteiger partial charge in [0.2, 0.25) is 0 Å². The van der Waals surface area contributed by atoms with Gasteiger partial charge in [-0.2, -0.15) is 0 Å². The highest BCUT2D eigenvalue weighted by atomic mass is 16.3. The van der Waals surface area contributed by atoms with Gasteiger partial charge in [-0.15, -0.1) is 0 Å². The van der Waals surface area contributed by atoms with Crippen LogP contribution in [0.15, 0.2) is 45.6 Å². The van der Waals surface area contributed by atoms with E-state index in [0.29, 0.717) is 53.6 Å². The molecule has 6 heteroatoms. The zero-order valence-corrected chi connectivity index (χ0v) is 25.1. The maximum absolute atomic E-state index is 13.6. The van der Waals surface area contributed by atoms with Gasteiger partial charge in [0, 0.05) is 50.9 Å². The normalized spacial score (nSPS) is 12.4. The van der Waals surface area contributed by atoms with Crippen LogP contribution in [-0.2, 0) is 13.1 Å². The summed E-state index contributed by atoms with van der Waals surface area (Å²) in [6, 6.07) is 10.9. The Labute approximate surface area is 234 Å². The number of hydrogen-bond acceptors (Lipinski definition) is 6. The van der Waals surface area contributed by atoms with Gasteiger partial charge in [-0.3, -0.25) is 14.6 Å². The second kappa shape index (κ2) is 13.5.